The summed E-state index contributed by atoms with van der Waals surface area (Å²) in [5.74, 6) is 1.76. The van der Waals surface area contributed by atoms with Crippen LogP contribution in [0.2, 0.25) is 0 Å². The monoisotopic (exact) mass is 263 g/mol. The van der Waals surface area contributed by atoms with Gasteiger partial charge in [0.1, 0.15) is 5.82 Å². The molecule has 1 rings (SSSR count). The molecule has 0 aliphatic carbocycles. The van der Waals surface area contributed by atoms with E-state index in [-0.39, 0.29) is 0 Å². The summed E-state index contributed by atoms with van der Waals surface area (Å²) in [6.07, 6.45) is 4.23. The van der Waals surface area contributed by atoms with E-state index in [1.54, 1.807) is 0 Å². The maximum absolute atomic E-state index is 5.68. The summed E-state index contributed by atoms with van der Waals surface area (Å²) < 4.78 is 0. The molecule has 0 radical (unpaired) electrons. The molecule has 1 heterocycles. The maximum atomic E-state index is 5.68. The Hall–Kier alpha value is -1.09. The molecule has 1 aromatic heterocycles. The lowest BCUT2D eigenvalue weighted by molar-refractivity contribution is 0.502. The Morgan fingerprint density at radius 2 is 1.89 bits per heavy atom. The van der Waals surface area contributed by atoms with Crippen molar-refractivity contribution in [1.82, 2.24) is 4.98 Å². The predicted octanol–water partition coefficient (Wildman–Crippen LogP) is 3.50. The van der Waals surface area contributed by atoms with Crippen LogP contribution in [-0.4, -0.2) is 17.6 Å². The fourth-order valence-corrected chi connectivity index (χ4v) is 2.57. The van der Waals surface area contributed by atoms with Crippen molar-refractivity contribution >= 4 is 5.82 Å². The number of nitrogens with two attached hydrogens (primary N) is 1. The van der Waals surface area contributed by atoms with E-state index in [1.165, 1.54) is 5.56 Å². The van der Waals surface area contributed by atoms with E-state index in [0.29, 0.717) is 18.5 Å². The summed E-state index contributed by atoms with van der Waals surface area (Å²) in [5.41, 5.74) is 8.02. The highest BCUT2D eigenvalue weighted by molar-refractivity contribution is 5.48. The molecule has 3 nitrogen and oxygen atoms in total. The number of aromatic nitrogens is 1. The molecule has 108 valence electrons. The van der Waals surface area contributed by atoms with Crippen molar-refractivity contribution in [3.8, 4) is 0 Å². The van der Waals surface area contributed by atoms with E-state index in [4.69, 9.17) is 5.73 Å². The third-order valence-electron chi connectivity index (χ3n) is 3.56. The SMILES string of the molecule is CCC(CC)N(CC(C)C)c1ncc(CN)cc1C. The van der Waals surface area contributed by atoms with Gasteiger partial charge in [0.2, 0.25) is 0 Å². The number of anilines is 1. The second kappa shape index (κ2) is 7.49. The van der Waals surface area contributed by atoms with Crippen molar-refractivity contribution in [1.29, 1.82) is 0 Å². The minimum absolute atomic E-state index is 0.559. The molecular formula is C16H29N3. The third kappa shape index (κ3) is 4.20. The summed E-state index contributed by atoms with van der Waals surface area (Å²) in [7, 11) is 0. The number of aryl methyl sites for hydroxylation is 1. The molecule has 19 heavy (non-hydrogen) atoms. The van der Waals surface area contributed by atoms with Crippen LogP contribution in [0, 0.1) is 12.8 Å². The number of nitrogens with zero attached hydrogens (tertiary/aromatic N) is 2. The average molecular weight is 263 g/mol. The van der Waals surface area contributed by atoms with Gasteiger partial charge < -0.3 is 10.6 Å². The van der Waals surface area contributed by atoms with Crippen molar-refractivity contribution in [3.63, 3.8) is 0 Å². The molecule has 0 aromatic carbocycles. The van der Waals surface area contributed by atoms with Gasteiger partial charge in [0.25, 0.3) is 0 Å². The van der Waals surface area contributed by atoms with Gasteiger partial charge in [-0.2, -0.15) is 0 Å². The molecule has 3 heteroatoms. The molecule has 0 spiro atoms. The molecule has 0 saturated heterocycles. The van der Waals surface area contributed by atoms with Crippen LogP contribution in [0.25, 0.3) is 0 Å². The summed E-state index contributed by atoms with van der Waals surface area (Å²) >= 11 is 0. The van der Waals surface area contributed by atoms with Crippen LogP contribution in [0.1, 0.15) is 51.7 Å². The normalized spacial score (nSPS) is 11.4. The lowest BCUT2D eigenvalue weighted by Crippen LogP contribution is -2.38. The molecule has 0 aliphatic rings. The van der Waals surface area contributed by atoms with Crippen LogP contribution < -0.4 is 10.6 Å². The van der Waals surface area contributed by atoms with Crippen LogP contribution in [0.3, 0.4) is 0 Å². The van der Waals surface area contributed by atoms with Gasteiger partial charge in [0, 0.05) is 25.3 Å². The van der Waals surface area contributed by atoms with Crippen molar-refractivity contribution in [3.05, 3.63) is 23.4 Å². The van der Waals surface area contributed by atoms with Gasteiger partial charge in [-0.05, 0) is 42.9 Å². The Morgan fingerprint density at radius 3 is 2.32 bits per heavy atom. The third-order valence-corrected chi connectivity index (χ3v) is 3.56. The Morgan fingerprint density at radius 1 is 1.26 bits per heavy atom. The quantitative estimate of drug-likeness (QED) is 0.818. The molecular weight excluding hydrogens is 234 g/mol. The van der Waals surface area contributed by atoms with Crippen LogP contribution in [0.4, 0.5) is 5.82 Å². The van der Waals surface area contributed by atoms with Gasteiger partial charge >= 0.3 is 0 Å². The van der Waals surface area contributed by atoms with Crippen LogP contribution in [0.15, 0.2) is 12.3 Å². The van der Waals surface area contributed by atoms with Crippen LogP contribution in [0.5, 0.6) is 0 Å². The van der Waals surface area contributed by atoms with E-state index in [0.717, 1.165) is 30.8 Å². The Labute approximate surface area is 118 Å². The maximum Gasteiger partial charge on any atom is 0.131 e. The lowest BCUT2D eigenvalue weighted by atomic mass is 10.1. The minimum Gasteiger partial charge on any atom is -0.353 e. The largest absolute Gasteiger partial charge is 0.353 e. The first-order valence-electron chi connectivity index (χ1n) is 7.45. The predicted molar refractivity (Wildman–Crippen MR) is 83.4 cm³/mol. The van der Waals surface area contributed by atoms with Crippen molar-refractivity contribution in [2.75, 3.05) is 11.4 Å². The molecule has 0 bridgehead atoms. The van der Waals surface area contributed by atoms with Gasteiger partial charge in [-0.25, -0.2) is 4.98 Å². The minimum atomic E-state index is 0.559. The number of pyridine rings is 1. The molecule has 0 atom stereocenters. The molecule has 1 aromatic rings. The fourth-order valence-electron chi connectivity index (χ4n) is 2.57. The Kier molecular flexibility index (Phi) is 6.29. The van der Waals surface area contributed by atoms with Gasteiger partial charge in [-0.15, -0.1) is 0 Å². The average Bonchev–Trinajstić information content (AvgIpc) is 2.38. The lowest BCUT2D eigenvalue weighted by Gasteiger charge is -2.34. The first kappa shape index (κ1) is 16.0. The Bertz CT molecular complexity index is 384. The smallest absolute Gasteiger partial charge is 0.131 e. The Balaban J connectivity index is 3.09. The van der Waals surface area contributed by atoms with Gasteiger partial charge in [0.05, 0.1) is 0 Å². The highest BCUT2D eigenvalue weighted by atomic mass is 15.2. The molecule has 2 N–H and O–H groups in total. The standard InChI is InChI=1S/C16H29N3/c1-6-15(7-2)19(11-12(3)4)16-13(5)8-14(9-17)10-18-16/h8,10,12,15H,6-7,9,11,17H2,1-5H3. The van der Waals surface area contributed by atoms with Crippen molar-refractivity contribution < 1.29 is 0 Å². The summed E-state index contributed by atoms with van der Waals surface area (Å²) in [4.78, 5) is 7.14. The number of rotatable bonds is 7. The second-order valence-corrected chi connectivity index (χ2v) is 5.70. The second-order valence-electron chi connectivity index (χ2n) is 5.70. The van der Waals surface area contributed by atoms with Gasteiger partial charge in [0.15, 0.2) is 0 Å². The molecule has 0 fully saturated rings. The van der Waals surface area contributed by atoms with E-state index in [1.807, 2.05) is 6.20 Å². The van der Waals surface area contributed by atoms with Crippen molar-refractivity contribution in [2.24, 2.45) is 11.7 Å². The van der Waals surface area contributed by atoms with Crippen LogP contribution in [-0.2, 0) is 6.54 Å². The summed E-state index contributed by atoms with van der Waals surface area (Å²) in [5, 5.41) is 0. The van der Waals surface area contributed by atoms with Gasteiger partial charge in [-0.1, -0.05) is 27.7 Å². The first-order chi connectivity index (χ1) is 9.03. The highest BCUT2D eigenvalue weighted by Gasteiger charge is 2.19. The van der Waals surface area contributed by atoms with Crippen LogP contribution >= 0.6 is 0 Å². The molecule has 0 unspecified atom stereocenters. The van der Waals surface area contributed by atoms with Crippen molar-refractivity contribution in [2.45, 2.75) is 60.0 Å². The van der Waals surface area contributed by atoms with E-state index < -0.39 is 0 Å². The fraction of sp³-hybridized carbons (Fsp3) is 0.688. The number of hydrogen-bond acceptors (Lipinski definition) is 3. The molecule has 0 aliphatic heterocycles. The molecule has 0 amide bonds. The summed E-state index contributed by atoms with van der Waals surface area (Å²) in [6, 6.07) is 2.73. The van der Waals surface area contributed by atoms with Gasteiger partial charge in [-0.3, -0.25) is 0 Å². The number of hydrogen-bond donors (Lipinski definition) is 1. The summed E-state index contributed by atoms with van der Waals surface area (Å²) in [6.45, 7) is 12.8. The highest BCUT2D eigenvalue weighted by Crippen LogP contribution is 2.24. The first-order valence-corrected chi connectivity index (χ1v) is 7.45. The van der Waals surface area contributed by atoms with E-state index in [2.05, 4.69) is 50.6 Å². The zero-order valence-corrected chi connectivity index (χ0v) is 13.1. The molecule has 0 saturated carbocycles. The zero-order valence-electron chi connectivity index (χ0n) is 13.1. The van der Waals surface area contributed by atoms with E-state index >= 15 is 0 Å². The van der Waals surface area contributed by atoms with E-state index in [9.17, 15) is 0 Å². The zero-order chi connectivity index (χ0) is 14.4. The topological polar surface area (TPSA) is 42.2 Å².